The summed E-state index contributed by atoms with van der Waals surface area (Å²) in [5, 5.41) is 1.47. The van der Waals surface area contributed by atoms with Gasteiger partial charge in [0, 0.05) is 3.57 Å². The highest BCUT2D eigenvalue weighted by atomic mass is 127. The quantitative estimate of drug-likeness (QED) is 0.628. The Morgan fingerprint density at radius 2 is 1.73 bits per heavy atom. The van der Waals surface area contributed by atoms with Crippen LogP contribution in [0.25, 0.3) is 10.8 Å². The second kappa shape index (κ2) is 3.66. The van der Waals surface area contributed by atoms with Crippen molar-refractivity contribution >= 4 is 33.4 Å². The molecule has 0 aliphatic carbocycles. The maximum atomic E-state index is 12.4. The van der Waals surface area contributed by atoms with Crippen LogP contribution in [0.5, 0.6) is 0 Å². The van der Waals surface area contributed by atoms with Gasteiger partial charge in [-0.15, -0.1) is 0 Å². The van der Waals surface area contributed by atoms with Crippen molar-refractivity contribution < 1.29 is 13.2 Å². The fourth-order valence-electron chi connectivity index (χ4n) is 1.42. The van der Waals surface area contributed by atoms with Gasteiger partial charge in [-0.05, 0) is 51.6 Å². The van der Waals surface area contributed by atoms with Crippen LogP contribution in [-0.2, 0) is 6.18 Å². The van der Waals surface area contributed by atoms with Crippen molar-refractivity contribution in [1.29, 1.82) is 0 Å². The van der Waals surface area contributed by atoms with Crippen molar-refractivity contribution in [3.63, 3.8) is 0 Å². The lowest BCUT2D eigenvalue weighted by atomic mass is 10.1. The zero-order chi connectivity index (χ0) is 11.1. The van der Waals surface area contributed by atoms with E-state index >= 15 is 0 Å². The Morgan fingerprint density at radius 3 is 2.40 bits per heavy atom. The van der Waals surface area contributed by atoms with Crippen LogP contribution in [0.4, 0.5) is 13.2 Å². The minimum absolute atomic E-state index is 0.600. The molecule has 0 bridgehead atoms. The molecule has 0 spiro atoms. The van der Waals surface area contributed by atoms with E-state index in [0.29, 0.717) is 5.39 Å². The van der Waals surface area contributed by atoms with Crippen molar-refractivity contribution in [2.24, 2.45) is 0 Å². The number of fused-ring (bicyclic) bond motifs is 1. The van der Waals surface area contributed by atoms with Gasteiger partial charge in [-0.2, -0.15) is 13.2 Å². The molecule has 0 nitrogen and oxygen atoms in total. The summed E-state index contributed by atoms with van der Waals surface area (Å²) < 4.78 is 38.2. The first-order valence-corrected chi connectivity index (χ1v) is 5.32. The van der Waals surface area contributed by atoms with Gasteiger partial charge in [-0.25, -0.2) is 0 Å². The Kier molecular flexibility index (Phi) is 2.62. The zero-order valence-electron chi connectivity index (χ0n) is 7.48. The second-order valence-electron chi connectivity index (χ2n) is 3.17. The van der Waals surface area contributed by atoms with Crippen molar-refractivity contribution in [2.75, 3.05) is 0 Å². The predicted octanol–water partition coefficient (Wildman–Crippen LogP) is 4.46. The number of benzene rings is 2. The van der Waals surface area contributed by atoms with Crippen LogP contribution in [-0.4, -0.2) is 0 Å². The third-order valence-electron chi connectivity index (χ3n) is 2.15. The van der Waals surface area contributed by atoms with E-state index < -0.39 is 11.7 Å². The molecule has 0 N–H and O–H groups in total. The van der Waals surface area contributed by atoms with Gasteiger partial charge in [0.15, 0.2) is 0 Å². The molecule has 0 heterocycles. The molecule has 0 aliphatic heterocycles. The van der Waals surface area contributed by atoms with E-state index in [4.69, 9.17) is 0 Å². The van der Waals surface area contributed by atoms with Crippen molar-refractivity contribution in [3.8, 4) is 0 Å². The average Bonchev–Trinajstić information content (AvgIpc) is 2.16. The van der Waals surface area contributed by atoms with Crippen LogP contribution in [0.3, 0.4) is 0 Å². The molecule has 0 fully saturated rings. The molecule has 2 aromatic carbocycles. The van der Waals surface area contributed by atoms with Crippen LogP contribution >= 0.6 is 22.6 Å². The number of hydrogen-bond acceptors (Lipinski definition) is 0. The fourth-order valence-corrected chi connectivity index (χ4v) is 2.12. The Bertz CT molecular complexity index is 503. The van der Waals surface area contributed by atoms with E-state index in [1.807, 2.05) is 6.07 Å². The Hall–Kier alpha value is -0.780. The summed E-state index contributed by atoms with van der Waals surface area (Å²) >= 11 is 2.11. The van der Waals surface area contributed by atoms with Gasteiger partial charge < -0.3 is 0 Å². The van der Waals surface area contributed by atoms with Gasteiger partial charge in [0.2, 0.25) is 0 Å². The number of halogens is 4. The molecule has 0 atom stereocenters. The standard InChI is InChI=1S/C11H6F3I/c12-11(13,14)8-4-5-9-7(6-8)2-1-3-10(9)15/h1-6H. The first-order valence-electron chi connectivity index (χ1n) is 4.24. The molecule has 0 unspecified atom stereocenters. The van der Waals surface area contributed by atoms with Gasteiger partial charge in [-0.3, -0.25) is 0 Å². The van der Waals surface area contributed by atoms with E-state index in [2.05, 4.69) is 22.6 Å². The Labute approximate surface area is 98.2 Å². The monoisotopic (exact) mass is 322 g/mol. The highest BCUT2D eigenvalue weighted by molar-refractivity contribution is 14.1. The highest BCUT2D eigenvalue weighted by Crippen LogP contribution is 2.32. The van der Waals surface area contributed by atoms with Gasteiger partial charge in [0.05, 0.1) is 5.56 Å². The van der Waals surface area contributed by atoms with Crippen molar-refractivity contribution in [2.45, 2.75) is 6.18 Å². The summed E-state index contributed by atoms with van der Waals surface area (Å²) in [6.07, 6.45) is -4.27. The molecule has 2 rings (SSSR count). The highest BCUT2D eigenvalue weighted by Gasteiger charge is 2.30. The molecule has 0 radical (unpaired) electrons. The molecule has 4 heteroatoms. The molecule has 0 saturated carbocycles. The average molecular weight is 322 g/mol. The lowest BCUT2D eigenvalue weighted by Crippen LogP contribution is -2.04. The van der Waals surface area contributed by atoms with Gasteiger partial charge in [0.1, 0.15) is 0 Å². The first-order chi connectivity index (χ1) is 6.98. The zero-order valence-corrected chi connectivity index (χ0v) is 9.63. The van der Waals surface area contributed by atoms with Gasteiger partial charge in [-0.1, -0.05) is 18.2 Å². The topological polar surface area (TPSA) is 0 Å². The maximum Gasteiger partial charge on any atom is 0.416 e. The third kappa shape index (κ3) is 2.09. The van der Waals surface area contributed by atoms with E-state index in [1.165, 1.54) is 12.1 Å². The van der Waals surface area contributed by atoms with E-state index in [1.54, 1.807) is 12.1 Å². The molecule has 0 aromatic heterocycles. The predicted molar refractivity (Wildman–Crippen MR) is 61.7 cm³/mol. The fraction of sp³-hybridized carbons (Fsp3) is 0.0909. The lowest BCUT2D eigenvalue weighted by Gasteiger charge is -2.08. The summed E-state index contributed by atoms with van der Waals surface area (Å²) in [5.41, 5.74) is -0.600. The number of rotatable bonds is 0. The normalized spacial score (nSPS) is 12.0. The number of hydrogen-bond donors (Lipinski definition) is 0. The van der Waals surface area contributed by atoms with Crippen LogP contribution < -0.4 is 0 Å². The van der Waals surface area contributed by atoms with Crippen LogP contribution in [0.15, 0.2) is 36.4 Å². The lowest BCUT2D eigenvalue weighted by molar-refractivity contribution is -0.137. The van der Waals surface area contributed by atoms with Crippen LogP contribution in [0.1, 0.15) is 5.56 Å². The van der Waals surface area contributed by atoms with Crippen LogP contribution in [0.2, 0.25) is 0 Å². The first kappa shape index (κ1) is 10.7. The van der Waals surface area contributed by atoms with Gasteiger partial charge in [0.25, 0.3) is 0 Å². The molecule has 78 valence electrons. The summed E-state index contributed by atoms with van der Waals surface area (Å²) in [6.45, 7) is 0. The SMILES string of the molecule is FC(F)(F)c1ccc2c(I)cccc2c1. The molecule has 0 aliphatic rings. The summed E-state index contributed by atoms with van der Waals surface area (Å²) in [4.78, 5) is 0. The van der Waals surface area contributed by atoms with E-state index in [-0.39, 0.29) is 0 Å². The van der Waals surface area contributed by atoms with Crippen molar-refractivity contribution in [1.82, 2.24) is 0 Å². The summed E-state index contributed by atoms with van der Waals surface area (Å²) in [6, 6.07) is 9.12. The molecule has 0 saturated heterocycles. The third-order valence-corrected chi connectivity index (χ3v) is 3.10. The molecular formula is C11H6F3I. The smallest absolute Gasteiger partial charge is 0.166 e. The summed E-state index contributed by atoms with van der Waals surface area (Å²) in [7, 11) is 0. The Morgan fingerprint density at radius 1 is 1.00 bits per heavy atom. The number of alkyl halides is 3. The largest absolute Gasteiger partial charge is 0.416 e. The molecule has 0 amide bonds. The Balaban J connectivity index is 2.68. The van der Waals surface area contributed by atoms with Gasteiger partial charge >= 0.3 is 6.18 Å². The van der Waals surface area contributed by atoms with E-state index in [9.17, 15) is 13.2 Å². The molecule has 15 heavy (non-hydrogen) atoms. The van der Waals surface area contributed by atoms with Crippen molar-refractivity contribution in [3.05, 3.63) is 45.5 Å². The second-order valence-corrected chi connectivity index (χ2v) is 4.34. The van der Waals surface area contributed by atoms with Crippen LogP contribution in [0, 0.1) is 3.57 Å². The van der Waals surface area contributed by atoms with E-state index in [0.717, 1.165) is 15.0 Å². The minimum Gasteiger partial charge on any atom is -0.166 e. The molecule has 2 aromatic rings. The maximum absolute atomic E-state index is 12.4. The summed E-state index contributed by atoms with van der Waals surface area (Å²) in [5.74, 6) is 0. The molecular weight excluding hydrogens is 316 g/mol. The minimum atomic E-state index is -4.27.